The van der Waals surface area contributed by atoms with E-state index in [9.17, 15) is 4.79 Å². The first kappa shape index (κ1) is 11.8. The van der Waals surface area contributed by atoms with Crippen LogP contribution >= 0.6 is 0 Å². The van der Waals surface area contributed by atoms with Gasteiger partial charge in [-0.2, -0.15) is 0 Å². The number of rotatable bonds is 3. The highest BCUT2D eigenvalue weighted by molar-refractivity contribution is 5.76. The van der Waals surface area contributed by atoms with Gasteiger partial charge in [-0.3, -0.25) is 4.79 Å². The molecule has 0 saturated carbocycles. The Bertz CT molecular complexity index is 337. The Labute approximate surface area is 90.1 Å². The van der Waals surface area contributed by atoms with Crippen molar-refractivity contribution >= 4 is 5.91 Å². The third-order valence-corrected chi connectivity index (χ3v) is 1.80. The van der Waals surface area contributed by atoms with E-state index in [1.807, 2.05) is 27.7 Å². The maximum atomic E-state index is 11.5. The first-order chi connectivity index (χ1) is 6.87. The highest BCUT2D eigenvalue weighted by atomic mass is 16.4. The molecule has 15 heavy (non-hydrogen) atoms. The van der Waals surface area contributed by atoms with Gasteiger partial charge in [0.05, 0.1) is 12.7 Å². The molecule has 1 N–H and O–H groups in total. The van der Waals surface area contributed by atoms with Crippen LogP contribution in [0.1, 0.15) is 38.8 Å². The van der Waals surface area contributed by atoms with E-state index in [-0.39, 0.29) is 11.3 Å². The van der Waals surface area contributed by atoms with E-state index in [1.54, 1.807) is 6.20 Å². The molecule has 0 aliphatic carbocycles. The fourth-order valence-electron chi connectivity index (χ4n) is 1.20. The smallest absolute Gasteiger partial charge is 0.220 e. The molecule has 0 fully saturated rings. The Balaban J connectivity index is 2.35. The minimum atomic E-state index is 0.0105. The highest BCUT2D eigenvalue weighted by Crippen LogP contribution is 2.17. The predicted molar refractivity (Wildman–Crippen MR) is 57.2 cm³/mol. The maximum Gasteiger partial charge on any atom is 0.220 e. The van der Waals surface area contributed by atoms with Crippen LogP contribution in [-0.2, 0) is 11.3 Å². The second-order valence-corrected chi connectivity index (χ2v) is 4.88. The topological polar surface area (TPSA) is 55.1 Å². The Morgan fingerprint density at radius 2 is 2.20 bits per heavy atom. The Morgan fingerprint density at radius 3 is 2.67 bits per heavy atom. The number of carbonyl (C=O) groups is 1. The van der Waals surface area contributed by atoms with Gasteiger partial charge in [0.25, 0.3) is 0 Å². The van der Waals surface area contributed by atoms with E-state index < -0.39 is 0 Å². The minimum absolute atomic E-state index is 0.0105. The van der Waals surface area contributed by atoms with Gasteiger partial charge in [-0.25, -0.2) is 4.98 Å². The molecule has 1 amide bonds. The molecule has 0 aliphatic heterocycles. The number of aryl methyl sites for hydroxylation is 1. The molecule has 4 heteroatoms. The lowest BCUT2D eigenvalue weighted by atomic mass is 9.92. The van der Waals surface area contributed by atoms with Gasteiger partial charge in [-0.05, 0) is 12.3 Å². The third-order valence-electron chi connectivity index (χ3n) is 1.80. The fourth-order valence-corrected chi connectivity index (χ4v) is 1.20. The summed E-state index contributed by atoms with van der Waals surface area (Å²) in [4.78, 5) is 15.5. The van der Waals surface area contributed by atoms with Gasteiger partial charge in [-0.15, -0.1) is 0 Å². The lowest BCUT2D eigenvalue weighted by molar-refractivity contribution is -0.123. The predicted octanol–water partition coefficient (Wildman–Crippen LogP) is 2.04. The number of amides is 1. The molecule has 1 aromatic heterocycles. The van der Waals surface area contributed by atoms with E-state index in [0.717, 1.165) is 5.76 Å². The Hall–Kier alpha value is -1.32. The first-order valence-corrected chi connectivity index (χ1v) is 5.05. The van der Waals surface area contributed by atoms with Crippen molar-refractivity contribution in [3.63, 3.8) is 0 Å². The van der Waals surface area contributed by atoms with E-state index in [2.05, 4.69) is 10.3 Å². The summed E-state index contributed by atoms with van der Waals surface area (Å²) in [5.41, 5.74) is 0.0105. The van der Waals surface area contributed by atoms with Crippen LogP contribution in [0.15, 0.2) is 10.6 Å². The van der Waals surface area contributed by atoms with Gasteiger partial charge in [0.2, 0.25) is 11.8 Å². The van der Waals surface area contributed by atoms with Crippen LogP contribution in [0.25, 0.3) is 0 Å². The Kier molecular flexibility index (Phi) is 3.50. The van der Waals surface area contributed by atoms with Crippen molar-refractivity contribution in [3.8, 4) is 0 Å². The van der Waals surface area contributed by atoms with Gasteiger partial charge in [0.15, 0.2) is 0 Å². The van der Waals surface area contributed by atoms with Gasteiger partial charge in [0, 0.05) is 6.42 Å². The van der Waals surface area contributed by atoms with Crippen molar-refractivity contribution in [3.05, 3.63) is 17.8 Å². The normalized spacial score (nSPS) is 11.5. The molecule has 1 rings (SSSR count). The molecular weight excluding hydrogens is 192 g/mol. The lowest BCUT2D eigenvalue weighted by Crippen LogP contribution is -2.27. The number of oxazole rings is 1. The monoisotopic (exact) mass is 210 g/mol. The molecule has 4 nitrogen and oxygen atoms in total. The van der Waals surface area contributed by atoms with Crippen molar-refractivity contribution in [2.24, 2.45) is 5.41 Å². The zero-order chi connectivity index (χ0) is 11.5. The van der Waals surface area contributed by atoms with E-state index >= 15 is 0 Å². The second kappa shape index (κ2) is 4.47. The van der Waals surface area contributed by atoms with Gasteiger partial charge < -0.3 is 9.73 Å². The molecular formula is C11H18N2O2. The summed E-state index contributed by atoms with van der Waals surface area (Å²) in [6.07, 6.45) is 2.15. The molecule has 1 heterocycles. The van der Waals surface area contributed by atoms with Gasteiger partial charge in [-0.1, -0.05) is 20.8 Å². The molecule has 1 aromatic rings. The van der Waals surface area contributed by atoms with Crippen molar-refractivity contribution in [1.29, 1.82) is 0 Å². The number of aromatic nitrogens is 1. The van der Waals surface area contributed by atoms with Crippen molar-refractivity contribution in [2.45, 2.75) is 40.7 Å². The van der Waals surface area contributed by atoms with Gasteiger partial charge in [0.1, 0.15) is 5.76 Å². The number of nitrogens with zero attached hydrogens (tertiary/aromatic N) is 1. The Morgan fingerprint density at radius 1 is 1.53 bits per heavy atom. The summed E-state index contributed by atoms with van der Waals surface area (Å²) >= 11 is 0. The molecule has 0 atom stereocenters. The largest absolute Gasteiger partial charge is 0.444 e. The fraction of sp³-hybridized carbons (Fsp3) is 0.636. The average Bonchev–Trinajstić information content (AvgIpc) is 2.45. The van der Waals surface area contributed by atoms with Crippen LogP contribution in [0.3, 0.4) is 0 Å². The van der Waals surface area contributed by atoms with Gasteiger partial charge >= 0.3 is 0 Å². The average molecular weight is 210 g/mol. The molecule has 0 saturated heterocycles. The zero-order valence-corrected chi connectivity index (χ0v) is 9.76. The molecule has 0 unspecified atom stereocenters. The van der Waals surface area contributed by atoms with Crippen LogP contribution in [0.4, 0.5) is 0 Å². The molecule has 0 radical (unpaired) electrons. The minimum Gasteiger partial charge on any atom is -0.444 e. The van der Waals surface area contributed by atoms with Crippen molar-refractivity contribution in [2.75, 3.05) is 0 Å². The quantitative estimate of drug-likeness (QED) is 0.830. The van der Waals surface area contributed by atoms with Crippen LogP contribution in [0.2, 0.25) is 0 Å². The molecule has 0 bridgehead atoms. The molecule has 0 spiro atoms. The maximum absolute atomic E-state index is 11.5. The number of nitrogens with one attached hydrogen (secondary N) is 1. The number of hydrogen-bond acceptors (Lipinski definition) is 3. The standard InChI is InChI=1S/C11H18N2O2/c1-8-6-13-10(15-8)7-12-9(14)5-11(2,3)4/h6H,5,7H2,1-4H3,(H,12,14). The zero-order valence-electron chi connectivity index (χ0n) is 9.76. The highest BCUT2D eigenvalue weighted by Gasteiger charge is 2.15. The summed E-state index contributed by atoms with van der Waals surface area (Å²) < 4.78 is 5.24. The van der Waals surface area contributed by atoms with Crippen LogP contribution < -0.4 is 5.32 Å². The summed E-state index contributed by atoms with van der Waals surface area (Å²) in [6, 6.07) is 0. The summed E-state index contributed by atoms with van der Waals surface area (Å²) in [5, 5.41) is 2.77. The van der Waals surface area contributed by atoms with Crippen LogP contribution in [-0.4, -0.2) is 10.9 Å². The lowest BCUT2D eigenvalue weighted by Gasteiger charge is -2.16. The van der Waals surface area contributed by atoms with E-state index in [0.29, 0.717) is 18.9 Å². The van der Waals surface area contributed by atoms with Crippen molar-refractivity contribution < 1.29 is 9.21 Å². The third kappa shape index (κ3) is 4.63. The SMILES string of the molecule is Cc1cnc(CNC(=O)CC(C)(C)C)o1. The number of carbonyl (C=O) groups excluding carboxylic acids is 1. The van der Waals surface area contributed by atoms with E-state index in [1.165, 1.54) is 0 Å². The van der Waals surface area contributed by atoms with Crippen LogP contribution in [0, 0.1) is 12.3 Å². The summed E-state index contributed by atoms with van der Waals surface area (Å²) in [6.45, 7) is 8.28. The molecule has 0 aliphatic rings. The molecule has 84 valence electrons. The molecule has 0 aromatic carbocycles. The second-order valence-electron chi connectivity index (χ2n) is 4.88. The first-order valence-electron chi connectivity index (χ1n) is 5.05. The summed E-state index contributed by atoms with van der Waals surface area (Å²) in [7, 11) is 0. The van der Waals surface area contributed by atoms with E-state index in [4.69, 9.17) is 4.42 Å². The van der Waals surface area contributed by atoms with Crippen molar-refractivity contribution in [1.82, 2.24) is 10.3 Å². The summed E-state index contributed by atoms with van der Waals surface area (Å²) in [5.74, 6) is 1.34. The van der Waals surface area contributed by atoms with Crippen LogP contribution in [0.5, 0.6) is 0 Å². The number of hydrogen-bond donors (Lipinski definition) is 1.